The van der Waals surface area contributed by atoms with Crippen LogP contribution >= 0.6 is 11.6 Å². The van der Waals surface area contributed by atoms with Gasteiger partial charge in [0.25, 0.3) is 0 Å². The van der Waals surface area contributed by atoms with E-state index in [9.17, 15) is 8.42 Å². The Labute approximate surface area is 141 Å². The number of benzene rings is 2. The molecule has 0 heterocycles. The van der Waals surface area contributed by atoms with Crippen LogP contribution in [0.2, 0.25) is 5.02 Å². The van der Waals surface area contributed by atoms with Crippen LogP contribution in [0.1, 0.15) is 5.56 Å². The Hall–Kier alpha value is -1.76. The molecule has 0 aliphatic carbocycles. The van der Waals surface area contributed by atoms with Crippen LogP contribution < -0.4 is 14.8 Å². The van der Waals surface area contributed by atoms with E-state index in [1.807, 2.05) is 18.2 Å². The highest BCUT2D eigenvalue weighted by Gasteiger charge is 2.07. The predicted octanol–water partition coefficient (Wildman–Crippen LogP) is 2.88. The first-order valence-corrected chi connectivity index (χ1v) is 9.36. The summed E-state index contributed by atoms with van der Waals surface area (Å²) < 4.78 is 30.5. The molecule has 0 aromatic heterocycles. The van der Waals surface area contributed by atoms with Gasteiger partial charge in [0.1, 0.15) is 12.4 Å². The van der Waals surface area contributed by atoms with Crippen LogP contribution in [0.4, 0.5) is 5.69 Å². The van der Waals surface area contributed by atoms with E-state index in [1.165, 1.54) is 5.56 Å². The molecule has 0 aliphatic rings. The summed E-state index contributed by atoms with van der Waals surface area (Å²) in [4.78, 5) is 0. The number of anilines is 1. The van der Waals surface area contributed by atoms with Crippen molar-refractivity contribution < 1.29 is 13.2 Å². The van der Waals surface area contributed by atoms with Crippen molar-refractivity contribution in [2.24, 2.45) is 0 Å². The Morgan fingerprint density at radius 2 is 1.87 bits per heavy atom. The Balaban J connectivity index is 1.80. The number of ether oxygens (including phenoxy) is 1. The molecule has 0 amide bonds. The minimum absolute atomic E-state index is 0.309. The molecule has 2 aromatic rings. The molecule has 124 valence electrons. The number of hydrogen-bond donors (Lipinski definition) is 2. The summed E-state index contributed by atoms with van der Waals surface area (Å²) in [5.74, 6) is 0.557. The maximum Gasteiger partial charge on any atom is 0.229 e. The molecular weight excluding hydrogens is 336 g/mol. The molecule has 23 heavy (non-hydrogen) atoms. The Morgan fingerprint density at radius 1 is 1.13 bits per heavy atom. The van der Waals surface area contributed by atoms with Crippen molar-refractivity contribution in [1.82, 2.24) is 5.32 Å². The van der Waals surface area contributed by atoms with Gasteiger partial charge < -0.3 is 10.1 Å². The highest BCUT2D eigenvalue weighted by molar-refractivity contribution is 7.92. The summed E-state index contributed by atoms with van der Waals surface area (Å²) in [5, 5.41) is 3.60. The second-order valence-electron chi connectivity index (χ2n) is 5.03. The van der Waals surface area contributed by atoms with E-state index < -0.39 is 10.0 Å². The average molecular weight is 355 g/mol. The van der Waals surface area contributed by atoms with Gasteiger partial charge in [0.15, 0.2) is 0 Å². The average Bonchev–Trinajstić information content (AvgIpc) is 2.50. The zero-order valence-electron chi connectivity index (χ0n) is 12.8. The van der Waals surface area contributed by atoms with E-state index in [-0.39, 0.29) is 0 Å². The van der Waals surface area contributed by atoms with E-state index in [1.54, 1.807) is 18.2 Å². The molecule has 0 unspecified atom stereocenters. The van der Waals surface area contributed by atoms with E-state index in [2.05, 4.69) is 22.2 Å². The smallest absolute Gasteiger partial charge is 0.229 e. The first kappa shape index (κ1) is 17.6. The Kier molecular flexibility index (Phi) is 6.27. The van der Waals surface area contributed by atoms with Crippen LogP contribution in [0.15, 0.2) is 48.5 Å². The molecule has 0 saturated carbocycles. The quantitative estimate of drug-likeness (QED) is 0.715. The van der Waals surface area contributed by atoms with Crippen LogP contribution in [0.5, 0.6) is 5.75 Å². The van der Waals surface area contributed by atoms with Crippen LogP contribution in [0.3, 0.4) is 0 Å². The minimum atomic E-state index is -3.38. The molecule has 0 bridgehead atoms. The van der Waals surface area contributed by atoms with Crippen LogP contribution in [-0.4, -0.2) is 27.8 Å². The normalized spacial score (nSPS) is 11.2. The molecule has 0 fully saturated rings. The van der Waals surface area contributed by atoms with Crippen molar-refractivity contribution in [3.05, 3.63) is 59.1 Å². The van der Waals surface area contributed by atoms with Gasteiger partial charge in [0, 0.05) is 19.2 Å². The number of halogens is 1. The van der Waals surface area contributed by atoms with Crippen LogP contribution in [0.25, 0.3) is 0 Å². The van der Waals surface area contributed by atoms with Gasteiger partial charge in [-0.05, 0) is 17.7 Å². The topological polar surface area (TPSA) is 67.4 Å². The summed E-state index contributed by atoms with van der Waals surface area (Å²) >= 11 is 5.96. The fourth-order valence-corrected chi connectivity index (χ4v) is 2.73. The molecule has 0 spiro atoms. The largest absolute Gasteiger partial charge is 0.492 e. The van der Waals surface area contributed by atoms with Gasteiger partial charge in [-0.2, -0.15) is 0 Å². The molecule has 2 N–H and O–H groups in total. The Morgan fingerprint density at radius 3 is 2.57 bits per heavy atom. The monoisotopic (exact) mass is 354 g/mol. The molecule has 2 aromatic carbocycles. The lowest BCUT2D eigenvalue weighted by atomic mass is 10.2. The second kappa shape index (κ2) is 8.19. The number of sulfonamides is 1. The zero-order chi connectivity index (χ0) is 16.7. The molecule has 0 aliphatic heterocycles. The second-order valence-corrected chi connectivity index (χ2v) is 7.18. The van der Waals surface area contributed by atoms with Crippen molar-refractivity contribution in [2.75, 3.05) is 24.1 Å². The van der Waals surface area contributed by atoms with E-state index in [4.69, 9.17) is 16.3 Å². The Bertz CT molecular complexity index is 736. The molecule has 0 saturated heterocycles. The standard InChI is InChI=1S/C16H19ClN2O3S/c1-23(20,21)19-16-11-14(7-8-15(16)17)22-10-9-18-12-13-5-3-2-4-6-13/h2-8,11,18-19H,9-10,12H2,1H3. The summed E-state index contributed by atoms with van der Waals surface area (Å²) in [7, 11) is -3.38. The van der Waals surface area contributed by atoms with Crippen molar-refractivity contribution in [2.45, 2.75) is 6.54 Å². The maximum absolute atomic E-state index is 11.3. The van der Waals surface area contributed by atoms with Gasteiger partial charge in [-0.3, -0.25) is 4.72 Å². The fraction of sp³-hybridized carbons (Fsp3) is 0.250. The predicted molar refractivity (Wildman–Crippen MR) is 93.6 cm³/mol. The van der Waals surface area contributed by atoms with E-state index in [0.717, 1.165) is 12.8 Å². The summed E-state index contributed by atoms with van der Waals surface area (Å²) in [5.41, 5.74) is 1.52. The number of nitrogens with one attached hydrogen (secondary N) is 2. The van der Waals surface area contributed by atoms with Crippen molar-refractivity contribution in [1.29, 1.82) is 0 Å². The summed E-state index contributed by atoms with van der Waals surface area (Å²) in [6, 6.07) is 15.0. The molecule has 2 rings (SSSR count). The van der Waals surface area contributed by atoms with Gasteiger partial charge >= 0.3 is 0 Å². The highest BCUT2D eigenvalue weighted by atomic mass is 35.5. The lowest BCUT2D eigenvalue weighted by molar-refractivity contribution is 0.314. The van der Waals surface area contributed by atoms with E-state index in [0.29, 0.717) is 29.6 Å². The van der Waals surface area contributed by atoms with Gasteiger partial charge in [-0.25, -0.2) is 8.42 Å². The lowest BCUT2D eigenvalue weighted by Gasteiger charge is -2.11. The molecule has 5 nitrogen and oxygen atoms in total. The molecule has 7 heteroatoms. The fourth-order valence-electron chi connectivity index (χ4n) is 1.94. The lowest BCUT2D eigenvalue weighted by Crippen LogP contribution is -2.20. The third-order valence-corrected chi connectivity index (χ3v) is 3.87. The van der Waals surface area contributed by atoms with Gasteiger partial charge in [0.2, 0.25) is 10.0 Å². The summed E-state index contributed by atoms with van der Waals surface area (Å²) in [6.45, 7) is 1.91. The SMILES string of the molecule is CS(=O)(=O)Nc1cc(OCCNCc2ccccc2)ccc1Cl. The molecule has 0 radical (unpaired) electrons. The number of rotatable bonds is 8. The number of hydrogen-bond acceptors (Lipinski definition) is 4. The first-order chi connectivity index (χ1) is 10.9. The third kappa shape index (κ3) is 6.48. The highest BCUT2D eigenvalue weighted by Crippen LogP contribution is 2.27. The van der Waals surface area contributed by atoms with Crippen molar-refractivity contribution in [3.63, 3.8) is 0 Å². The van der Waals surface area contributed by atoms with Gasteiger partial charge in [-0.15, -0.1) is 0 Å². The maximum atomic E-state index is 11.3. The minimum Gasteiger partial charge on any atom is -0.492 e. The van der Waals surface area contributed by atoms with Crippen LogP contribution in [-0.2, 0) is 16.6 Å². The summed E-state index contributed by atoms with van der Waals surface area (Å²) in [6.07, 6.45) is 1.07. The van der Waals surface area contributed by atoms with Crippen molar-refractivity contribution >= 4 is 27.3 Å². The molecule has 0 atom stereocenters. The zero-order valence-corrected chi connectivity index (χ0v) is 14.3. The van der Waals surface area contributed by atoms with Crippen molar-refractivity contribution in [3.8, 4) is 5.75 Å². The van der Waals surface area contributed by atoms with Gasteiger partial charge in [-0.1, -0.05) is 41.9 Å². The third-order valence-electron chi connectivity index (χ3n) is 2.95. The molecular formula is C16H19ClN2O3S. The van der Waals surface area contributed by atoms with Gasteiger partial charge in [0.05, 0.1) is 17.0 Å². The van der Waals surface area contributed by atoms with E-state index >= 15 is 0 Å². The first-order valence-electron chi connectivity index (χ1n) is 7.09. The van der Waals surface area contributed by atoms with Crippen LogP contribution in [0, 0.1) is 0 Å².